The van der Waals surface area contributed by atoms with Crippen molar-refractivity contribution in [2.24, 2.45) is 11.8 Å². The number of anilines is 1. The van der Waals surface area contributed by atoms with E-state index < -0.39 is 0 Å². The Morgan fingerprint density at radius 3 is 2.79 bits per heavy atom. The molecule has 1 aromatic rings. The quantitative estimate of drug-likeness (QED) is 0.857. The summed E-state index contributed by atoms with van der Waals surface area (Å²) in [4.78, 5) is 6.14. The molecular formula is C15H24FN3. The minimum Gasteiger partial charge on any atom is -0.357 e. The van der Waals surface area contributed by atoms with E-state index in [4.69, 9.17) is 0 Å². The largest absolute Gasteiger partial charge is 0.357 e. The van der Waals surface area contributed by atoms with E-state index in [0.29, 0.717) is 29.9 Å². The maximum Gasteiger partial charge on any atom is 0.170 e. The predicted molar refractivity (Wildman–Crippen MR) is 76.7 cm³/mol. The molecule has 106 valence electrons. The number of halogens is 1. The fourth-order valence-electron chi connectivity index (χ4n) is 2.28. The van der Waals surface area contributed by atoms with Crippen molar-refractivity contribution in [1.82, 2.24) is 10.3 Å². The van der Waals surface area contributed by atoms with Gasteiger partial charge in [-0.15, -0.1) is 0 Å². The maximum absolute atomic E-state index is 14.4. The van der Waals surface area contributed by atoms with Crippen LogP contribution in [0.1, 0.15) is 32.8 Å². The van der Waals surface area contributed by atoms with Gasteiger partial charge in [0.25, 0.3) is 0 Å². The number of hydrogen-bond donors (Lipinski definition) is 1. The molecule has 1 aromatic heterocycles. The average Bonchev–Trinajstić information content (AvgIpc) is 3.03. The number of hydrogen-bond acceptors (Lipinski definition) is 3. The normalized spacial score (nSPS) is 21.8. The lowest BCUT2D eigenvalue weighted by molar-refractivity contribution is 0.547. The van der Waals surface area contributed by atoms with E-state index in [9.17, 15) is 4.39 Å². The second kappa shape index (κ2) is 5.87. The van der Waals surface area contributed by atoms with Crippen molar-refractivity contribution in [3.05, 3.63) is 23.6 Å². The Kier molecular flexibility index (Phi) is 4.40. The number of rotatable bonds is 6. The van der Waals surface area contributed by atoms with Crippen molar-refractivity contribution in [3.63, 3.8) is 0 Å². The molecule has 1 N–H and O–H groups in total. The maximum atomic E-state index is 14.4. The molecule has 0 aliphatic heterocycles. The highest BCUT2D eigenvalue weighted by Gasteiger charge is 2.34. The molecule has 1 fully saturated rings. The zero-order valence-electron chi connectivity index (χ0n) is 12.3. The lowest BCUT2D eigenvalue weighted by atomic mass is 10.2. The van der Waals surface area contributed by atoms with Crippen LogP contribution in [0.5, 0.6) is 0 Å². The van der Waals surface area contributed by atoms with Gasteiger partial charge in [0.2, 0.25) is 0 Å². The van der Waals surface area contributed by atoms with Gasteiger partial charge in [0, 0.05) is 37.9 Å². The highest BCUT2D eigenvalue weighted by Crippen LogP contribution is 2.38. The van der Waals surface area contributed by atoms with Gasteiger partial charge in [-0.2, -0.15) is 0 Å². The molecule has 3 nitrogen and oxygen atoms in total. The summed E-state index contributed by atoms with van der Waals surface area (Å²) in [6.45, 7) is 7.80. The lowest BCUT2D eigenvalue weighted by Gasteiger charge is -2.20. The third kappa shape index (κ3) is 3.66. The monoisotopic (exact) mass is 265 g/mol. The highest BCUT2D eigenvalue weighted by molar-refractivity contribution is 5.42. The molecule has 0 spiro atoms. The smallest absolute Gasteiger partial charge is 0.170 e. The van der Waals surface area contributed by atoms with Crippen LogP contribution in [0, 0.1) is 17.7 Å². The first-order valence-electron chi connectivity index (χ1n) is 7.07. The van der Waals surface area contributed by atoms with Crippen molar-refractivity contribution >= 4 is 5.82 Å². The van der Waals surface area contributed by atoms with Gasteiger partial charge >= 0.3 is 0 Å². The summed E-state index contributed by atoms with van der Waals surface area (Å²) in [6.07, 6.45) is 2.95. The molecule has 0 radical (unpaired) electrons. The van der Waals surface area contributed by atoms with Crippen molar-refractivity contribution in [3.8, 4) is 0 Å². The summed E-state index contributed by atoms with van der Waals surface area (Å²) in [7, 11) is 1.93. The Morgan fingerprint density at radius 1 is 1.53 bits per heavy atom. The predicted octanol–water partition coefficient (Wildman–Crippen LogP) is 2.81. The molecular weight excluding hydrogens is 241 g/mol. The van der Waals surface area contributed by atoms with Gasteiger partial charge in [0.1, 0.15) is 0 Å². The number of nitrogens with one attached hydrogen (secondary N) is 1. The molecule has 0 bridgehead atoms. The molecule has 2 unspecified atom stereocenters. The topological polar surface area (TPSA) is 28.2 Å². The summed E-state index contributed by atoms with van der Waals surface area (Å²) < 4.78 is 14.4. The molecule has 1 saturated carbocycles. The van der Waals surface area contributed by atoms with Gasteiger partial charge in [-0.25, -0.2) is 9.37 Å². The van der Waals surface area contributed by atoms with Gasteiger partial charge in [0.15, 0.2) is 11.6 Å². The van der Waals surface area contributed by atoms with E-state index in [1.165, 1.54) is 6.42 Å². The third-order valence-electron chi connectivity index (χ3n) is 3.80. The minimum absolute atomic E-state index is 0.188. The Hall–Kier alpha value is -1.16. The Balaban J connectivity index is 2.05. The fraction of sp³-hybridized carbons (Fsp3) is 0.667. The number of aromatic nitrogens is 1. The van der Waals surface area contributed by atoms with Crippen LogP contribution in [0.25, 0.3) is 0 Å². The number of pyridine rings is 1. The molecule has 2 rings (SSSR count). The Bertz CT molecular complexity index is 433. The van der Waals surface area contributed by atoms with Crippen molar-refractivity contribution in [2.45, 2.75) is 39.8 Å². The summed E-state index contributed by atoms with van der Waals surface area (Å²) in [5.74, 6) is 1.76. The fourth-order valence-corrected chi connectivity index (χ4v) is 2.28. The molecule has 1 heterocycles. The minimum atomic E-state index is -0.188. The van der Waals surface area contributed by atoms with Crippen LogP contribution >= 0.6 is 0 Å². The highest BCUT2D eigenvalue weighted by atomic mass is 19.1. The van der Waals surface area contributed by atoms with E-state index in [2.05, 4.69) is 31.1 Å². The van der Waals surface area contributed by atoms with Crippen LogP contribution in [-0.2, 0) is 6.54 Å². The molecule has 0 aromatic carbocycles. The van der Waals surface area contributed by atoms with Crippen molar-refractivity contribution < 1.29 is 4.39 Å². The number of nitrogens with zero attached hydrogens (tertiary/aromatic N) is 2. The van der Waals surface area contributed by atoms with Crippen molar-refractivity contribution in [2.75, 3.05) is 18.5 Å². The first kappa shape index (κ1) is 14.3. The second-order valence-corrected chi connectivity index (χ2v) is 6.00. The molecule has 1 aliphatic rings. The SMILES string of the molecule is CC(C)NCc1ccnc(N(C)CC2CC2C)c1F. The lowest BCUT2D eigenvalue weighted by Crippen LogP contribution is -2.25. The van der Waals surface area contributed by atoms with Crippen LogP contribution < -0.4 is 10.2 Å². The molecule has 1 aliphatic carbocycles. The average molecular weight is 265 g/mol. The van der Waals surface area contributed by atoms with E-state index in [-0.39, 0.29) is 5.82 Å². The zero-order valence-corrected chi connectivity index (χ0v) is 12.3. The summed E-state index contributed by atoms with van der Waals surface area (Å²) >= 11 is 0. The first-order chi connectivity index (χ1) is 8.99. The Morgan fingerprint density at radius 2 is 2.21 bits per heavy atom. The molecule has 0 saturated heterocycles. The van der Waals surface area contributed by atoms with Gasteiger partial charge in [-0.3, -0.25) is 0 Å². The molecule has 4 heteroatoms. The van der Waals surface area contributed by atoms with E-state index in [1.807, 2.05) is 11.9 Å². The summed E-state index contributed by atoms with van der Waals surface area (Å²) in [5.41, 5.74) is 0.689. The molecule has 19 heavy (non-hydrogen) atoms. The summed E-state index contributed by atoms with van der Waals surface area (Å²) in [5, 5.41) is 3.24. The third-order valence-corrected chi connectivity index (χ3v) is 3.80. The van der Waals surface area contributed by atoms with Crippen LogP contribution in [0.15, 0.2) is 12.3 Å². The van der Waals surface area contributed by atoms with Crippen LogP contribution in [0.4, 0.5) is 10.2 Å². The van der Waals surface area contributed by atoms with E-state index in [0.717, 1.165) is 12.5 Å². The molecule has 0 amide bonds. The standard InChI is InChI=1S/C15H24FN3/c1-10(2)18-8-12-5-6-17-15(14(12)16)19(4)9-13-7-11(13)3/h5-6,10-11,13,18H,7-9H2,1-4H3. The van der Waals surface area contributed by atoms with Gasteiger partial charge in [-0.1, -0.05) is 20.8 Å². The van der Waals surface area contributed by atoms with Crippen LogP contribution in [0.3, 0.4) is 0 Å². The van der Waals surface area contributed by atoms with Crippen LogP contribution in [-0.4, -0.2) is 24.6 Å². The van der Waals surface area contributed by atoms with Crippen molar-refractivity contribution in [1.29, 1.82) is 0 Å². The van der Waals surface area contributed by atoms with E-state index >= 15 is 0 Å². The molecule has 2 atom stereocenters. The van der Waals surface area contributed by atoms with Gasteiger partial charge in [-0.05, 0) is 24.3 Å². The Labute approximate surface area is 115 Å². The van der Waals surface area contributed by atoms with E-state index in [1.54, 1.807) is 12.3 Å². The first-order valence-corrected chi connectivity index (χ1v) is 7.07. The van der Waals surface area contributed by atoms with Crippen LogP contribution in [0.2, 0.25) is 0 Å². The van der Waals surface area contributed by atoms with Gasteiger partial charge in [0.05, 0.1) is 0 Å². The summed E-state index contributed by atoms with van der Waals surface area (Å²) in [6, 6.07) is 2.10. The zero-order chi connectivity index (χ0) is 14.0. The second-order valence-electron chi connectivity index (χ2n) is 6.00. The van der Waals surface area contributed by atoms with Gasteiger partial charge < -0.3 is 10.2 Å².